The SMILES string of the molecule is C=CCOc1ccccc1C=NNC(=O)CCCCCCCCCCCCC. The fraction of sp³-hybridized carbons (Fsp3) is 0.583. The number of para-hydroxylation sites is 1. The molecule has 156 valence electrons. The van der Waals surface area contributed by atoms with Gasteiger partial charge in [0.1, 0.15) is 12.4 Å². The summed E-state index contributed by atoms with van der Waals surface area (Å²) in [6.45, 7) is 6.34. The molecule has 0 aliphatic rings. The maximum Gasteiger partial charge on any atom is 0.240 e. The molecule has 0 atom stereocenters. The number of carbonyl (C=O) groups is 1. The molecule has 0 aliphatic heterocycles. The monoisotopic (exact) mass is 386 g/mol. The van der Waals surface area contributed by atoms with E-state index < -0.39 is 0 Å². The first-order chi connectivity index (χ1) is 13.8. The van der Waals surface area contributed by atoms with Gasteiger partial charge in [0.25, 0.3) is 0 Å². The second-order valence-corrected chi connectivity index (χ2v) is 7.22. The van der Waals surface area contributed by atoms with Crippen molar-refractivity contribution in [3.8, 4) is 5.75 Å². The number of rotatable bonds is 17. The molecule has 1 amide bonds. The zero-order valence-corrected chi connectivity index (χ0v) is 17.6. The van der Waals surface area contributed by atoms with Crippen LogP contribution in [-0.4, -0.2) is 18.7 Å². The van der Waals surface area contributed by atoms with Crippen LogP contribution in [0.3, 0.4) is 0 Å². The molecule has 1 aromatic rings. The van der Waals surface area contributed by atoms with Crippen LogP contribution in [0.2, 0.25) is 0 Å². The van der Waals surface area contributed by atoms with E-state index >= 15 is 0 Å². The summed E-state index contributed by atoms with van der Waals surface area (Å²) >= 11 is 0. The third kappa shape index (κ3) is 12.3. The molecule has 0 fully saturated rings. The highest BCUT2D eigenvalue weighted by Gasteiger charge is 2.01. The summed E-state index contributed by atoms with van der Waals surface area (Å²) in [5, 5.41) is 4.05. The standard InChI is InChI=1S/C24H38N2O2/c1-3-5-6-7-8-9-10-11-12-13-14-19-24(27)26-25-21-22-17-15-16-18-23(22)28-20-4-2/h4,15-18,21H,2-3,5-14,19-20H2,1H3,(H,26,27). The molecule has 0 saturated carbocycles. The van der Waals surface area contributed by atoms with Crippen molar-refractivity contribution < 1.29 is 9.53 Å². The van der Waals surface area contributed by atoms with Gasteiger partial charge in [-0.3, -0.25) is 4.79 Å². The van der Waals surface area contributed by atoms with Crippen molar-refractivity contribution in [2.45, 2.75) is 84.0 Å². The van der Waals surface area contributed by atoms with Crippen molar-refractivity contribution in [2.75, 3.05) is 6.61 Å². The van der Waals surface area contributed by atoms with Crippen LogP contribution < -0.4 is 10.2 Å². The van der Waals surface area contributed by atoms with E-state index in [0.717, 1.165) is 24.2 Å². The Hall–Kier alpha value is -2.10. The van der Waals surface area contributed by atoms with Crippen molar-refractivity contribution in [1.29, 1.82) is 0 Å². The topological polar surface area (TPSA) is 50.7 Å². The quantitative estimate of drug-likeness (QED) is 0.146. The first-order valence-electron chi connectivity index (χ1n) is 10.9. The molecule has 4 heteroatoms. The molecule has 28 heavy (non-hydrogen) atoms. The summed E-state index contributed by atoms with van der Waals surface area (Å²) in [6, 6.07) is 7.59. The van der Waals surface area contributed by atoms with E-state index in [1.54, 1.807) is 12.3 Å². The predicted molar refractivity (Wildman–Crippen MR) is 119 cm³/mol. The summed E-state index contributed by atoms with van der Waals surface area (Å²) < 4.78 is 5.57. The lowest BCUT2D eigenvalue weighted by molar-refractivity contribution is -0.121. The normalized spacial score (nSPS) is 10.9. The van der Waals surface area contributed by atoms with Crippen molar-refractivity contribution in [2.24, 2.45) is 5.10 Å². The number of carbonyl (C=O) groups excluding carboxylic acids is 1. The average molecular weight is 387 g/mol. The Bertz CT molecular complexity index is 569. The van der Waals surface area contributed by atoms with E-state index in [-0.39, 0.29) is 5.91 Å². The van der Waals surface area contributed by atoms with Crippen molar-refractivity contribution in [1.82, 2.24) is 5.43 Å². The highest BCUT2D eigenvalue weighted by molar-refractivity contribution is 5.85. The number of nitrogens with one attached hydrogen (secondary N) is 1. The van der Waals surface area contributed by atoms with E-state index in [4.69, 9.17) is 4.74 Å². The van der Waals surface area contributed by atoms with Crippen LogP contribution in [0.25, 0.3) is 0 Å². The van der Waals surface area contributed by atoms with E-state index in [1.807, 2.05) is 24.3 Å². The predicted octanol–water partition coefficient (Wildman–Crippen LogP) is 6.40. The second kappa shape index (κ2) is 17.0. The lowest BCUT2D eigenvalue weighted by Crippen LogP contribution is -2.17. The van der Waals surface area contributed by atoms with E-state index in [9.17, 15) is 4.79 Å². The molecule has 0 saturated heterocycles. The van der Waals surface area contributed by atoms with Crippen LogP contribution >= 0.6 is 0 Å². The molecule has 1 N–H and O–H groups in total. The first kappa shape index (κ1) is 23.9. The lowest BCUT2D eigenvalue weighted by Gasteiger charge is -2.06. The number of unbranched alkanes of at least 4 members (excludes halogenated alkanes) is 10. The molecule has 0 aliphatic carbocycles. The number of nitrogens with zero attached hydrogens (tertiary/aromatic N) is 1. The molecule has 0 heterocycles. The van der Waals surface area contributed by atoms with Gasteiger partial charge in [-0.1, -0.05) is 95.9 Å². The van der Waals surface area contributed by atoms with Gasteiger partial charge in [-0.15, -0.1) is 0 Å². The molecule has 1 rings (SSSR count). The maximum absolute atomic E-state index is 11.9. The van der Waals surface area contributed by atoms with Crippen LogP contribution in [-0.2, 0) is 4.79 Å². The Morgan fingerprint density at radius 1 is 1.00 bits per heavy atom. The molecule has 0 aromatic heterocycles. The summed E-state index contributed by atoms with van der Waals surface area (Å²) in [5.74, 6) is 0.697. The molecule has 0 bridgehead atoms. The highest BCUT2D eigenvalue weighted by atomic mass is 16.5. The van der Waals surface area contributed by atoms with Gasteiger partial charge in [0, 0.05) is 12.0 Å². The molecule has 4 nitrogen and oxygen atoms in total. The third-order valence-corrected chi connectivity index (χ3v) is 4.68. The van der Waals surface area contributed by atoms with E-state index in [2.05, 4.69) is 24.0 Å². The number of benzene rings is 1. The summed E-state index contributed by atoms with van der Waals surface area (Å²) in [5.41, 5.74) is 3.44. The molecule has 0 unspecified atom stereocenters. The van der Waals surface area contributed by atoms with Gasteiger partial charge in [0.2, 0.25) is 5.91 Å². The summed E-state index contributed by atoms with van der Waals surface area (Å²) in [7, 11) is 0. The Kier molecular flexibility index (Phi) is 14.6. The molecular formula is C24H38N2O2. The van der Waals surface area contributed by atoms with Crippen LogP contribution in [0, 0.1) is 0 Å². The van der Waals surface area contributed by atoms with Gasteiger partial charge in [0.05, 0.1) is 6.21 Å². The molecule has 1 aromatic carbocycles. The maximum atomic E-state index is 11.9. The highest BCUT2D eigenvalue weighted by Crippen LogP contribution is 2.15. The molecule has 0 spiro atoms. The smallest absolute Gasteiger partial charge is 0.240 e. The van der Waals surface area contributed by atoms with Gasteiger partial charge in [-0.05, 0) is 18.6 Å². The first-order valence-corrected chi connectivity index (χ1v) is 10.9. The number of hydrogen-bond acceptors (Lipinski definition) is 3. The fourth-order valence-electron chi connectivity index (χ4n) is 3.05. The fourth-order valence-corrected chi connectivity index (χ4v) is 3.05. The zero-order chi connectivity index (χ0) is 20.3. The van der Waals surface area contributed by atoms with Crippen LogP contribution in [0.15, 0.2) is 42.0 Å². The minimum absolute atomic E-state index is 0.0309. The van der Waals surface area contributed by atoms with Crippen molar-refractivity contribution in [3.05, 3.63) is 42.5 Å². The van der Waals surface area contributed by atoms with Gasteiger partial charge in [-0.25, -0.2) is 5.43 Å². The Morgan fingerprint density at radius 2 is 1.61 bits per heavy atom. The van der Waals surface area contributed by atoms with Crippen LogP contribution in [0.1, 0.15) is 89.5 Å². The average Bonchev–Trinajstić information content (AvgIpc) is 2.71. The summed E-state index contributed by atoms with van der Waals surface area (Å²) in [4.78, 5) is 11.9. The van der Waals surface area contributed by atoms with E-state index in [0.29, 0.717) is 13.0 Å². The van der Waals surface area contributed by atoms with Gasteiger partial charge in [0.15, 0.2) is 0 Å². The minimum Gasteiger partial charge on any atom is -0.489 e. The van der Waals surface area contributed by atoms with Crippen molar-refractivity contribution >= 4 is 12.1 Å². The summed E-state index contributed by atoms with van der Waals surface area (Å²) in [6.07, 6.45) is 17.9. The Labute approximate surface area is 171 Å². The van der Waals surface area contributed by atoms with Crippen molar-refractivity contribution in [3.63, 3.8) is 0 Å². The second-order valence-electron chi connectivity index (χ2n) is 7.22. The largest absolute Gasteiger partial charge is 0.489 e. The van der Waals surface area contributed by atoms with Crippen LogP contribution in [0.4, 0.5) is 0 Å². The number of hydrazone groups is 1. The third-order valence-electron chi connectivity index (χ3n) is 4.68. The van der Waals surface area contributed by atoms with Gasteiger partial charge in [-0.2, -0.15) is 5.10 Å². The lowest BCUT2D eigenvalue weighted by atomic mass is 10.1. The molecular weight excluding hydrogens is 348 g/mol. The number of amides is 1. The van der Waals surface area contributed by atoms with Gasteiger partial charge >= 0.3 is 0 Å². The molecule has 0 radical (unpaired) electrons. The van der Waals surface area contributed by atoms with Gasteiger partial charge < -0.3 is 4.74 Å². The van der Waals surface area contributed by atoms with E-state index in [1.165, 1.54) is 57.8 Å². The zero-order valence-electron chi connectivity index (χ0n) is 17.6. The number of hydrogen-bond donors (Lipinski definition) is 1. The van der Waals surface area contributed by atoms with Crippen LogP contribution in [0.5, 0.6) is 5.75 Å². The minimum atomic E-state index is -0.0309. The Morgan fingerprint density at radius 3 is 2.25 bits per heavy atom. The Balaban J connectivity index is 2.07. The number of ether oxygens (including phenoxy) is 1.